The monoisotopic (exact) mass is 388 g/mol. The van der Waals surface area contributed by atoms with Gasteiger partial charge in [0.05, 0.1) is 29.2 Å². The minimum Gasteiger partial charge on any atom is -0.369 e. The summed E-state index contributed by atoms with van der Waals surface area (Å²) >= 11 is 0. The van der Waals surface area contributed by atoms with Crippen molar-refractivity contribution in [2.24, 2.45) is 10.7 Å². The van der Waals surface area contributed by atoms with Gasteiger partial charge in [-0.05, 0) is 36.8 Å². The van der Waals surface area contributed by atoms with E-state index in [2.05, 4.69) is 20.3 Å². The van der Waals surface area contributed by atoms with Crippen LogP contribution in [0.4, 0.5) is 5.69 Å². The van der Waals surface area contributed by atoms with E-state index in [0.717, 1.165) is 11.1 Å². The van der Waals surface area contributed by atoms with Crippen LogP contribution in [0.15, 0.2) is 59.7 Å². The molecule has 0 saturated carbocycles. The molecule has 0 radical (unpaired) electrons. The highest BCUT2D eigenvalue weighted by Gasteiger charge is 2.36. The van der Waals surface area contributed by atoms with Crippen LogP contribution in [0.5, 0.6) is 0 Å². The maximum atomic E-state index is 12.7. The van der Waals surface area contributed by atoms with Crippen LogP contribution in [-0.4, -0.2) is 39.7 Å². The van der Waals surface area contributed by atoms with Gasteiger partial charge in [0.25, 0.3) is 5.91 Å². The van der Waals surface area contributed by atoms with E-state index in [1.54, 1.807) is 31.3 Å². The Morgan fingerprint density at radius 1 is 1.17 bits per heavy atom. The Morgan fingerprint density at radius 2 is 1.93 bits per heavy atom. The SMILES string of the molecule is CN1C(=O)CC(C)(c2cccc(NC(=O)c3cnc4ccccc4n3)c2)N=C1N. The van der Waals surface area contributed by atoms with Crippen LogP contribution in [0.3, 0.4) is 0 Å². The first-order chi connectivity index (χ1) is 13.9. The minimum absolute atomic E-state index is 0.110. The molecule has 2 aromatic carbocycles. The predicted molar refractivity (Wildman–Crippen MR) is 110 cm³/mol. The van der Waals surface area contributed by atoms with E-state index in [-0.39, 0.29) is 29.9 Å². The third kappa shape index (κ3) is 3.52. The fourth-order valence-electron chi connectivity index (χ4n) is 3.27. The molecule has 146 valence electrons. The van der Waals surface area contributed by atoms with Gasteiger partial charge in [0.15, 0.2) is 5.96 Å². The van der Waals surface area contributed by atoms with E-state index in [0.29, 0.717) is 11.2 Å². The van der Waals surface area contributed by atoms with Gasteiger partial charge in [0.1, 0.15) is 5.69 Å². The topological polar surface area (TPSA) is 114 Å². The summed E-state index contributed by atoms with van der Waals surface area (Å²) < 4.78 is 0. The maximum Gasteiger partial charge on any atom is 0.275 e. The number of carbonyl (C=O) groups is 2. The minimum atomic E-state index is -0.794. The third-order valence-corrected chi connectivity index (χ3v) is 5.00. The Morgan fingerprint density at radius 3 is 2.69 bits per heavy atom. The van der Waals surface area contributed by atoms with Crippen molar-refractivity contribution in [3.8, 4) is 0 Å². The van der Waals surface area contributed by atoms with Crippen molar-refractivity contribution in [2.75, 3.05) is 12.4 Å². The number of hydrogen-bond acceptors (Lipinski definition) is 6. The summed E-state index contributed by atoms with van der Waals surface area (Å²) in [6.07, 6.45) is 1.64. The Bertz CT molecular complexity index is 1160. The van der Waals surface area contributed by atoms with Crippen LogP contribution in [0.2, 0.25) is 0 Å². The van der Waals surface area contributed by atoms with E-state index in [1.165, 1.54) is 11.1 Å². The molecule has 0 bridgehead atoms. The Labute approximate surface area is 167 Å². The molecule has 4 rings (SSSR count). The maximum absolute atomic E-state index is 12.7. The highest BCUT2D eigenvalue weighted by Crippen LogP contribution is 2.34. The van der Waals surface area contributed by atoms with E-state index in [4.69, 9.17) is 5.73 Å². The van der Waals surface area contributed by atoms with E-state index >= 15 is 0 Å². The van der Waals surface area contributed by atoms with Gasteiger partial charge in [-0.2, -0.15) is 0 Å². The lowest BCUT2D eigenvalue weighted by atomic mass is 9.87. The Balaban J connectivity index is 1.60. The van der Waals surface area contributed by atoms with Gasteiger partial charge in [-0.15, -0.1) is 0 Å². The quantitative estimate of drug-likeness (QED) is 0.714. The van der Waals surface area contributed by atoms with Crippen molar-refractivity contribution < 1.29 is 9.59 Å². The zero-order valence-electron chi connectivity index (χ0n) is 16.1. The van der Waals surface area contributed by atoms with Crippen molar-refractivity contribution in [3.63, 3.8) is 0 Å². The van der Waals surface area contributed by atoms with Gasteiger partial charge in [-0.1, -0.05) is 24.3 Å². The summed E-state index contributed by atoms with van der Waals surface area (Å²) in [6.45, 7) is 1.85. The summed E-state index contributed by atoms with van der Waals surface area (Å²) in [5.41, 5.74) is 8.04. The molecule has 8 nitrogen and oxygen atoms in total. The van der Waals surface area contributed by atoms with Crippen LogP contribution >= 0.6 is 0 Å². The Hall–Kier alpha value is -3.81. The lowest BCUT2D eigenvalue weighted by molar-refractivity contribution is -0.128. The second-order valence-corrected chi connectivity index (χ2v) is 7.15. The summed E-state index contributed by atoms with van der Waals surface area (Å²) in [4.78, 5) is 39.3. The van der Waals surface area contributed by atoms with Gasteiger partial charge in [-0.3, -0.25) is 19.5 Å². The number of nitrogens with two attached hydrogens (primary N) is 1. The first-order valence-electron chi connectivity index (χ1n) is 9.11. The van der Waals surface area contributed by atoms with Crippen molar-refractivity contribution >= 4 is 34.5 Å². The number of anilines is 1. The molecule has 2 amide bonds. The number of fused-ring (bicyclic) bond motifs is 1. The number of guanidine groups is 1. The number of nitrogens with one attached hydrogen (secondary N) is 1. The number of rotatable bonds is 3. The Kier molecular flexibility index (Phi) is 4.46. The average molecular weight is 388 g/mol. The highest BCUT2D eigenvalue weighted by atomic mass is 16.2. The predicted octanol–water partition coefficient (Wildman–Crippen LogP) is 2.27. The first-order valence-corrected chi connectivity index (χ1v) is 9.11. The van der Waals surface area contributed by atoms with Crippen LogP contribution < -0.4 is 11.1 Å². The number of carbonyl (C=O) groups excluding carboxylic acids is 2. The molecule has 3 aromatic rings. The van der Waals surface area contributed by atoms with Crippen LogP contribution in [0.1, 0.15) is 29.4 Å². The van der Waals surface area contributed by atoms with Crippen LogP contribution in [0, 0.1) is 0 Å². The van der Waals surface area contributed by atoms with Gasteiger partial charge in [-0.25, -0.2) is 9.98 Å². The molecule has 0 saturated heterocycles. The molecular formula is C21H20N6O2. The van der Waals surface area contributed by atoms with Gasteiger partial charge < -0.3 is 11.1 Å². The van der Waals surface area contributed by atoms with E-state index in [1.807, 2.05) is 31.2 Å². The number of nitrogens with zero attached hydrogens (tertiary/aromatic N) is 4. The van der Waals surface area contributed by atoms with Gasteiger partial charge in [0, 0.05) is 12.7 Å². The summed E-state index contributed by atoms with van der Waals surface area (Å²) in [6, 6.07) is 14.6. The molecule has 0 spiro atoms. The van der Waals surface area contributed by atoms with Gasteiger partial charge in [0.2, 0.25) is 5.91 Å². The molecule has 2 heterocycles. The fraction of sp³-hybridized carbons (Fsp3) is 0.190. The summed E-state index contributed by atoms with van der Waals surface area (Å²) in [5.74, 6) is -0.307. The first kappa shape index (κ1) is 18.5. The van der Waals surface area contributed by atoms with Crippen molar-refractivity contribution in [3.05, 3.63) is 66.0 Å². The number of aromatic nitrogens is 2. The number of hydrogen-bond donors (Lipinski definition) is 2. The van der Waals surface area contributed by atoms with Crippen molar-refractivity contribution in [1.82, 2.24) is 14.9 Å². The van der Waals surface area contributed by atoms with Crippen molar-refractivity contribution in [1.29, 1.82) is 0 Å². The second-order valence-electron chi connectivity index (χ2n) is 7.15. The van der Waals surface area contributed by atoms with E-state index in [9.17, 15) is 9.59 Å². The molecule has 1 aliphatic rings. The second kappa shape index (κ2) is 6.97. The largest absolute Gasteiger partial charge is 0.369 e. The summed E-state index contributed by atoms with van der Waals surface area (Å²) in [5, 5.41) is 2.83. The van der Waals surface area contributed by atoms with E-state index < -0.39 is 5.54 Å². The van der Waals surface area contributed by atoms with Gasteiger partial charge >= 0.3 is 0 Å². The molecular weight excluding hydrogens is 368 g/mol. The average Bonchev–Trinajstić information content (AvgIpc) is 2.72. The number of amides is 2. The lowest BCUT2D eigenvalue weighted by Gasteiger charge is -2.33. The fourth-order valence-corrected chi connectivity index (χ4v) is 3.27. The molecule has 0 aliphatic carbocycles. The lowest BCUT2D eigenvalue weighted by Crippen LogP contribution is -2.47. The number of benzene rings is 2. The zero-order valence-corrected chi connectivity index (χ0v) is 16.1. The number of aliphatic imine (C=N–C) groups is 1. The molecule has 1 atom stereocenters. The standard InChI is InChI=1S/C21H20N6O2/c1-21(11-18(28)27(2)20(22)26-21)13-6-5-7-14(10-13)24-19(29)17-12-23-15-8-3-4-9-16(15)25-17/h3-10,12H,11H2,1-2H3,(H2,22,26)(H,24,29). The van der Waals surface area contributed by atoms with Crippen molar-refractivity contribution in [2.45, 2.75) is 18.9 Å². The van der Waals surface area contributed by atoms with Crippen LogP contribution in [0.25, 0.3) is 11.0 Å². The normalized spacial score (nSPS) is 19.2. The molecule has 3 N–H and O–H groups in total. The summed E-state index contributed by atoms with van der Waals surface area (Å²) in [7, 11) is 1.60. The molecule has 1 aromatic heterocycles. The number of para-hydroxylation sites is 2. The molecule has 1 aliphatic heterocycles. The highest BCUT2D eigenvalue weighted by molar-refractivity contribution is 6.03. The zero-order chi connectivity index (χ0) is 20.6. The molecule has 0 fully saturated rings. The smallest absolute Gasteiger partial charge is 0.275 e. The molecule has 8 heteroatoms. The molecule has 29 heavy (non-hydrogen) atoms. The van der Waals surface area contributed by atoms with Crippen LogP contribution in [-0.2, 0) is 10.3 Å². The molecule has 1 unspecified atom stereocenters. The third-order valence-electron chi connectivity index (χ3n) is 5.00.